The molecule has 188 valence electrons. The zero-order valence-corrected chi connectivity index (χ0v) is 19.8. The van der Waals surface area contributed by atoms with Gasteiger partial charge in [0.2, 0.25) is 0 Å². The third-order valence-electron chi connectivity index (χ3n) is 5.84. The van der Waals surface area contributed by atoms with Crippen LogP contribution in [0.4, 0.5) is 24.5 Å². The molecule has 1 unspecified atom stereocenters. The first-order valence-electron chi connectivity index (χ1n) is 12.0. The molecule has 4 rings (SSSR count). The van der Waals surface area contributed by atoms with E-state index in [0.29, 0.717) is 11.7 Å². The van der Waals surface area contributed by atoms with Crippen molar-refractivity contribution in [2.75, 3.05) is 17.3 Å². The molecule has 0 spiro atoms. The Labute approximate surface area is 209 Å². The number of anilines is 2. The quantitative estimate of drug-likeness (QED) is 0.208. The number of hydrogen-bond acceptors (Lipinski definition) is 4. The van der Waals surface area contributed by atoms with Crippen molar-refractivity contribution in [2.24, 2.45) is 5.92 Å². The van der Waals surface area contributed by atoms with Crippen molar-refractivity contribution in [3.63, 3.8) is 0 Å². The molecule has 0 fully saturated rings. The minimum absolute atomic E-state index is 0.250. The van der Waals surface area contributed by atoms with E-state index < -0.39 is 6.36 Å². The fraction of sp³-hybridized carbons (Fsp3) is 0.241. The van der Waals surface area contributed by atoms with Gasteiger partial charge in [0.05, 0.1) is 11.4 Å². The molecule has 1 atom stereocenters. The molecular weight excluding hydrogens is 465 g/mol. The van der Waals surface area contributed by atoms with Crippen LogP contribution in [0.5, 0.6) is 11.5 Å². The van der Waals surface area contributed by atoms with E-state index in [1.165, 1.54) is 12.1 Å². The number of rotatable bonds is 11. The Morgan fingerprint density at radius 1 is 0.861 bits per heavy atom. The van der Waals surface area contributed by atoms with Crippen molar-refractivity contribution < 1.29 is 22.7 Å². The van der Waals surface area contributed by atoms with Gasteiger partial charge in [-0.1, -0.05) is 67.1 Å². The van der Waals surface area contributed by atoms with Crippen LogP contribution in [0.15, 0.2) is 97.1 Å². The van der Waals surface area contributed by atoms with Crippen LogP contribution in [0.25, 0.3) is 11.1 Å². The van der Waals surface area contributed by atoms with E-state index in [0.717, 1.165) is 54.7 Å². The van der Waals surface area contributed by atoms with Crippen molar-refractivity contribution in [1.29, 1.82) is 0 Å². The second-order valence-electron chi connectivity index (χ2n) is 8.58. The molecule has 0 amide bonds. The first kappa shape index (κ1) is 25.2. The maximum Gasteiger partial charge on any atom is 0.573 e. The lowest BCUT2D eigenvalue weighted by atomic mass is 9.95. The van der Waals surface area contributed by atoms with Gasteiger partial charge in [0, 0.05) is 6.54 Å². The molecular formula is C29H29F3N2O2. The van der Waals surface area contributed by atoms with Crippen LogP contribution >= 0.6 is 0 Å². The van der Waals surface area contributed by atoms with E-state index in [1.54, 1.807) is 12.1 Å². The predicted octanol–water partition coefficient (Wildman–Crippen LogP) is 8.37. The minimum atomic E-state index is -4.71. The largest absolute Gasteiger partial charge is 0.573 e. The van der Waals surface area contributed by atoms with Crippen LogP contribution in [0.1, 0.15) is 25.7 Å². The highest BCUT2D eigenvalue weighted by Crippen LogP contribution is 2.33. The Balaban J connectivity index is 1.42. The van der Waals surface area contributed by atoms with E-state index in [1.807, 2.05) is 48.5 Å². The fourth-order valence-electron chi connectivity index (χ4n) is 4.01. The molecule has 2 N–H and O–H groups in total. The lowest BCUT2D eigenvalue weighted by Gasteiger charge is -2.16. The molecule has 36 heavy (non-hydrogen) atoms. The molecule has 0 saturated carbocycles. The number of alkyl halides is 3. The number of hydrogen-bond donors (Lipinski definition) is 2. The van der Waals surface area contributed by atoms with Gasteiger partial charge in [-0.15, -0.1) is 13.2 Å². The summed E-state index contributed by atoms with van der Waals surface area (Å²) in [5.74, 6) is 0.983. The van der Waals surface area contributed by atoms with E-state index in [-0.39, 0.29) is 5.75 Å². The van der Waals surface area contributed by atoms with Crippen molar-refractivity contribution >= 4 is 11.4 Å². The van der Waals surface area contributed by atoms with E-state index >= 15 is 0 Å². The number of halogens is 3. The van der Waals surface area contributed by atoms with Gasteiger partial charge in [-0.05, 0) is 72.7 Å². The molecule has 1 aliphatic carbocycles. The van der Waals surface area contributed by atoms with Crippen molar-refractivity contribution in [3.8, 4) is 22.6 Å². The first-order chi connectivity index (χ1) is 17.5. The summed E-state index contributed by atoms with van der Waals surface area (Å²) in [4.78, 5) is 5.87. The third kappa shape index (κ3) is 7.83. The second-order valence-corrected chi connectivity index (χ2v) is 8.58. The highest BCUT2D eigenvalue weighted by molar-refractivity contribution is 5.72. The molecule has 0 radical (unpaired) electrons. The van der Waals surface area contributed by atoms with Crippen molar-refractivity contribution in [3.05, 3.63) is 97.1 Å². The highest BCUT2D eigenvalue weighted by Gasteiger charge is 2.31. The summed E-state index contributed by atoms with van der Waals surface area (Å²) in [5, 5.41) is 3.47. The fourth-order valence-corrected chi connectivity index (χ4v) is 4.01. The smallest absolute Gasteiger partial charge is 0.406 e. The molecule has 0 saturated heterocycles. The molecule has 1 aliphatic rings. The third-order valence-corrected chi connectivity index (χ3v) is 5.84. The maximum atomic E-state index is 12.5. The molecule has 3 aromatic carbocycles. The normalized spacial score (nSPS) is 14.9. The van der Waals surface area contributed by atoms with Crippen LogP contribution in [0.2, 0.25) is 0 Å². The summed E-state index contributed by atoms with van der Waals surface area (Å²) in [6, 6.07) is 21.1. The van der Waals surface area contributed by atoms with Gasteiger partial charge in [-0.25, -0.2) is 5.48 Å². The molecule has 0 aliphatic heterocycles. The van der Waals surface area contributed by atoms with Gasteiger partial charge in [0.15, 0.2) is 5.75 Å². The molecule has 3 aromatic rings. The number of unbranched alkanes of at least 4 members (excludes halogenated alkanes) is 1. The van der Waals surface area contributed by atoms with Crippen LogP contribution in [0.3, 0.4) is 0 Å². The molecule has 0 aromatic heterocycles. The topological polar surface area (TPSA) is 42.5 Å². The Morgan fingerprint density at radius 3 is 2.36 bits per heavy atom. The average Bonchev–Trinajstić information content (AvgIpc) is 2.88. The summed E-state index contributed by atoms with van der Waals surface area (Å²) in [6.07, 6.45) is 8.32. The van der Waals surface area contributed by atoms with Crippen molar-refractivity contribution in [1.82, 2.24) is 0 Å². The number of allylic oxidation sites excluding steroid dienone is 4. The zero-order chi connectivity index (χ0) is 25.2. The number of nitrogens with one attached hydrogen (secondary N) is 2. The monoisotopic (exact) mass is 494 g/mol. The molecule has 7 heteroatoms. The first-order valence-corrected chi connectivity index (χ1v) is 12.0. The molecule has 0 bridgehead atoms. The van der Waals surface area contributed by atoms with Crippen LogP contribution in [-0.2, 0) is 0 Å². The van der Waals surface area contributed by atoms with Gasteiger partial charge < -0.3 is 14.9 Å². The summed E-state index contributed by atoms with van der Waals surface area (Å²) < 4.78 is 41.4. The van der Waals surface area contributed by atoms with E-state index in [9.17, 15) is 13.2 Å². The Hall–Kier alpha value is -3.87. The Kier molecular flexibility index (Phi) is 8.55. The van der Waals surface area contributed by atoms with Gasteiger partial charge >= 0.3 is 6.36 Å². The zero-order valence-electron chi connectivity index (χ0n) is 19.8. The number of para-hydroxylation sites is 1. The van der Waals surface area contributed by atoms with Gasteiger partial charge in [0.1, 0.15) is 5.75 Å². The summed E-state index contributed by atoms with van der Waals surface area (Å²) in [5.41, 5.74) is 6.20. The number of ether oxygens (including phenoxy) is 1. The number of benzene rings is 3. The van der Waals surface area contributed by atoms with Crippen LogP contribution in [-0.4, -0.2) is 12.9 Å². The average molecular weight is 495 g/mol. The Bertz CT molecular complexity index is 1160. The predicted molar refractivity (Wildman–Crippen MR) is 138 cm³/mol. The van der Waals surface area contributed by atoms with E-state index in [2.05, 4.69) is 39.8 Å². The lowest BCUT2D eigenvalue weighted by molar-refractivity contribution is -0.274. The lowest BCUT2D eigenvalue weighted by Crippen LogP contribution is -2.16. The van der Waals surface area contributed by atoms with Crippen LogP contribution < -0.4 is 20.4 Å². The summed E-state index contributed by atoms with van der Waals surface area (Å²) >= 11 is 0. The summed E-state index contributed by atoms with van der Waals surface area (Å²) in [7, 11) is 0. The Morgan fingerprint density at radius 2 is 1.64 bits per heavy atom. The van der Waals surface area contributed by atoms with E-state index in [4.69, 9.17) is 4.84 Å². The van der Waals surface area contributed by atoms with Crippen molar-refractivity contribution in [2.45, 2.75) is 32.0 Å². The minimum Gasteiger partial charge on any atom is -0.406 e. The van der Waals surface area contributed by atoms with Gasteiger partial charge in [-0.3, -0.25) is 0 Å². The van der Waals surface area contributed by atoms with Gasteiger partial charge in [0.25, 0.3) is 0 Å². The van der Waals surface area contributed by atoms with Gasteiger partial charge in [-0.2, -0.15) is 0 Å². The SMILES string of the molecule is FC(F)(F)Oc1ccc(-c2ccc(ONc3ccccc3)c(NCCCCC3C=CC=CC3)c2)cc1. The molecule has 0 heterocycles. The molecule has 4 nitrogen and oxygen atoms in total. The summed E-state index contributed by atoms with van der Waals surface area (Å²) in [6.45, 7) is 0.774. The van der Waals surface area contributed by atoms with Crippen LogP contribution in [0, 0.1) is 5.92 Å². The standard InChI is InChI=1S/C29H29F3N2O2/c30-29(31,32)35-26-17-14-23(15-18-26)24-16-19-28(36-34-25-12-5-2-6-13-25)27(21-24)33-20-8-7-11-22-9-3-1-4-10-22/h1-6,9,12-19,21-22,33-34H,7-8,10-11,20H2. The highest BCUT2D eigenvalue weighted by atomic mass is 19.4. The second kappa shape index (κ2) is 12.2. The maximum absolute atomic E-state index is 12.5.